The molecule has 1 N–H and O–H groups in total. The van der Waals surface area contributed by atoms with Gasteiger partial charge in [0, 0.05) is 10.7 Å². The predicted octanol–water partition coefficient (Wildman–Crippen LogP) is 5.15. The number of benzene rings is 2. The predicted molar refractivity (Wildman–Crippen MR) is 92.6 cm³/mol. The van der Waals surface area contributed by atoms with Gasteiger partial charge < -0.3 is 5.32 Å². The van der Waals surface area contributed by atoms with E-state index in [1.807, 2.05) is 0 Å². The largest absolute Gasteiger partial charge is 0.453 e. The molecule has 1 aliphatic rings. The van der Waals surface area contributed by atoms with Crippen molar-refractivity contribution < 1.29 is 17.6 Å². The van der Waals surface area contributed by atoms with E-state index < -0.39 is 23.9 Å². The number of fused-ring (bicyclic) bond motifs is 1. The van der Waals surface area contributed by atoms with Crippen molar-refractivity contribution in [3.05, 3.63) is 82.4 Å². The number of aromatic nitrogens is 3. The molecule has 1 atom stereocenters. The Morgan fingerprint density at radius 3 is 2.30 bits per heavy atom. The number of rotatable bonds is 2. The fourth-order valence-electron chi connectivity index (χ4n) is 2.81. The van der Waals surface area contributed by atoms with Crippen LogP contribution in [0.15, 0.2) is 54.6 Å². The lowest BCUT2D eigenvalue weighted by molar-refractivity contribution is -0.145. The van der Waals surface area contributed by atoms with Crippen LogP contribution in [0.5, 0.6) is 0 Å². The van der Waals surface area contributed by atoms with E-state index in [1.165, 1.54) is 28.9 Å². The highest BCUT2D eigenvalue weighted by Gasteiger charge is 2.39. The summed E-state index contributed by atoms with van der Waals surface area (Å²) in [6, 6.07) is 11.7. The molecule has 0 spiro atoms. The third-order valence-corrected chi connectivity index (χ3v) is 4.34. The van der Waals surface area contributed by atoms with Crippen LogP contribution in [0.2, 0.25) is 5.02 Å². The van der Waals surface area contributed by atoms with E-state index in [1.54, 1.807) is 30.3 Å². The molecule has 0 bridgehead atoms. The summed E-state index contributed by atoms with van der Waals surface area (Å²) in [6.07, 6.45) is -2.97. The van der Waals surface area contributed by atoms with Crippen molar-refractivity contribution in [3.8, 4) is 0 Å². The highest BCUT2D eigenvalue weighted by Crippen LogP contribution is 2.35. The molecule has 27 heavy (non-hydrogen) atoms. The molecule has 1 aliphatic heterocycles. The average Bonchev–Trinajstić information content (AvgIpc) is 3.07. The van der Waals surface area contributed by atoms with E-state index in [0.717, 1.165) is 0 Å². The van der Waals surface area contributed by atoms with Gasteiger partial charge in [0.15, 0.2) is 0 Å². The number of alkyl halides is 3. The normalized spacial score (nSPS) is 16.5. The van der Waals surface area contributed by atoms with Gasteiger partial charge in [-0.1, -0.05) is 23.7 Å². The molecule has 4 nitrogen and oxygen atoms in total. The van der Waals surface area contributed by atoms with Gasteiger partial charge >= 0.3 is 6.18 Å². The first kappa shape index (κ1) is 17.5. The minimum Gasteiger partial charge on any atom is -0.324 e. The summed E-state index contributed by atoms with van der Waals surface area (Å²) in [4.78, 5) is 3.58. The molecule has 1 aromatic heterocycles. The molecule has 0 saturated carbocycles. The topological polar surface area (TPSA) is 42.7 Å². The second-order valence-electron chi connectivity index (χ2n) is 5.91. The molecule has 0 radical (unpaired) electrons. The van der Waals surface area contributed by atoms with Crippen LogP contribution in [0, 0.1) is 5.82 Å². The van der Waals surface area contributed by atoms with E-state index in [9.17, 15) is 17.6 Å². The van der Waals surface area contributed by atoms with Crippen LogP contribution in [0.25, 0.3) is 5.70 Å². The van der Waals surface area contributed by atoms with Crippen molar-refractivity contribution in [2.24, 2.45) is 0 Å². The number of allylic oxidation sites excluding steroid dienone is 1. The fraction of sp³-hybridized carbons (Fsp3) is 0.111. The molecular weight excluding hydrogens is 384 g/mol. The van der Waals surface area contributed by atoms with Crippen LogP contribution in [0.1, 0.15) is 23.0 Å². The summed E-state index contributed by atoms with van der Waals surface area (Å²) in [5, 5.41) is 6.97. The second kappa shape index (κ2) is 6.38. The van der Waals surface area contributed by atoms with Crippen molar-refractivity contribution >= 4 is 23.2 Å². The molecule has 0 aliphatic carbocycles. The van der Waals surface area contributed by atoms with Gasteiger partial charge in [0.25, 0.3) is 5.82 Å². The minimum absolute atomic E-state index is 0.0518. The van der Waals surface area contributed by atoms with Crippen LogP contribution >= 0.6 is 11.6 Å². The fourth-order valence-corrected chi connectivity index (χ4v) is 2.93. The van der Waals surface area contributed by atoms with Gasteiger partial charge in [-0.15, -0.1) is 5.10 Å². The zero-order valence-electron chi connectivity index (χ0n) is 13.5. The number of nitrogens with one attached hydrogen (secondary N) is 1. The zero-order chi connectivity index (χ0) is 19.2. The van der Waals surface area contributed by atoms with Crippen LogP contribution in [0.4, 0.5) is 23.5 Å². The highest BCUT2D eigenvalue weighted by molar-refractivity contribution is 6.30. The summed E-state index contributed by atoms with van der Waals surface area (Å²) in [6.45, 7) is 0. The number of hydrogen-bond acceptors (Lipinski definition) is 3. The Bertz CT molecular complexity index is 1010. The SMILES string of the molecule is Fc1ccc(C2=CC(c3ccc(Cl)cc3)n3nc(C(F)(F)F)nc3N2)cc1. The smallest absolute Gasteiger partial charge is 0.324 e. The molecule has 4 rings (SSSR count). The molecule has 1 unspecified atom stereocenters. The Kier molecular flexibility index (Phi) is 4.15. The van der Waals surface area contributed by atoms with Crippen LogP contribution in [-0.2, 0) is 6.18 Å². The number of halogens is 5. The van der Waals surface area contributed by atoms with E-state index in [2.05, 4.69) is 15.4 Å². The third-order valence-electron chi connectivity index (χ3n) is 4.09. The first-order valence-electron chi connectivity index (χ1n) is 7.85. The van der Waals surface area contributed by atoms with Gasteiger partial charge in [-0.25, -0.2) is 9.07 Å². The van der Waals surface area contributed by atoms with Gasteiger partial charge in [-0.3, -0.25) is 0 Å². The van der Waals surface area contributed by atoms with Gasteiger partial charge in [0.05, 0.1) is 0 Å². The Morgan fingerprint density at radius 2 is 1.67 bits per heavy atom. The molecule has 2 aromatic carbocycles. The van der Waals surface area contributed by atoms with Gasteiger partial charge in [0.1, 0.15) is 11.9 Å². The number of hydrogen-bond donors (Lipinski definition) is 1. The lowest BCUT2D eigenvalue weighted by atomic mass is 10.0. The Morgan fingerprint density at radius 1 is 1.00 bits per heavy atom. The molecule has 138 valence electrons. The van der Waals surface area contributed by atoms with Crippen molar-refractivity contribution in [1.82, 2.24) is 14.8 Å². The van der Waals surface area contributed by atoms with E-state index in [-0.39, 0.29) is 5.95 Å². The quantitative estimate of drug-likeness (QED) is 0.612. The molecule has 0 amide bonds. The van der Waals surface area contributed by atoms with Crippen LogP contribution in [-0.4, -0.2) is 14.8 Å². The maximum absolute atomic E-state index is 13.2. The minimum atomic E-state index is -4.67. The Labute approximate surface area is 156 Å². The van der Waals surface area contributed by atoms with Crippen LogP contribution in [0.3, 0.4) is 0 Å². The first-order chi connectivity index (χ1) is 12.8. The lowest BCUT2D eigenvalue weighted by Gasteiger charge is -2.24. The van der Waals surface area contributed by atoms with E-state index in [4.69, 9.17) is 11.6 Å². The van der Waals surface area contributed by atoms with E-state index in [0.29, 0.717) is 21.8 Å². The lowest BCUT2D eigenvalue weighted by Crippen LogP contribution is -2.20. The molecule has 9 heteroatoms. The maximum Gasteiger partial charge on any atom is 0.453 e. The molecule has 0 saturated heterocycles. The van der Waals surface area contributed by atoms with Crippen molar-refractivity contribution in [3.63, 3.8) is 0 Å². The Hall–Kier alpha value is -2.87. The number of nitrogens with zero attached hydrogens (tertiary/aromatic N) is 3. The third kappa shape index (κ3) is 3.40. The maximum atomic E-state index is 13.2. The summed E-state index contributed by atoms with van der Waals surface area (Å²) in [5.74, 6) is -1.70. The summed E-state index contributed by atoms with van der Waals surface area (Å²) >= 11 is 5.91. The van der Waals surface area contributed by atoms with Crippen molar-refractivity contribution in [2.75, 3.05) is 5.32 Å². The summed E-state index contributed by atoms with van der Waals surface area (Å²) in [7, 11) is 0. The molecule has 3 aromatic rings. The first-order valence-corrected chi connectivity index (χ1v) is 8.23. The monoisotopic (exact) mass is 394 g/mol. The Balaban J connectivity index is 1.83. The van der Waals surface area contributed by atoms with Gasteiger partial charge in [0.2, 0.25) is 5.95 Å². The highest BCUT2D eigenvalue weighted by atomic mass is 35.5. The zero-order valence-corrected chi connectivity index (χ0v) is 14.3. The summed E-state index contributed by atoms with van der Waals surface area (Å²) < 4.78 is 53.6. The number of anilines is 1. The molecule has 0 fully saturated rings. The summed E-state index contributed by atoms with van der Waals surface area (Å²) in [5.41, 5.74) is 1.79. The second-order valence-corrected chi connectivity index (χ2v) is 6.35. The van der Waals surface area contributed by atoms with Crippen LogP contribution < -0.4 is 5.32 Å². The van der Waals surface area contributed by atoms with Crippen molar-refractivity contribution in [2.45, 2.75) is 12.2 Å². The van der Waals surface area contributed by atoms with Crippen molar-refractivity contribution in [1.29, 1.82) is 0 Å². The molecular formula is C18H11ClF4N4. The van der Waals surface area contributed by atoms with Gasteiger partial charge in [-0.05, 0) is 53.6 Å². The standard InChI is InChI=1S/C18H11ClF4N4/c19-12-5-1-11(2-6-12)15-9-14(10-3-7-13(20)8-4-10)24-17-25-16(18(21,22)23)26-27(15)17/h1-9,15H,(H,24,25,26). The average molecular weight is 395 g/mol. The van der Waals surface area contributed by atoms with E-state index >= 15 is 0 Å². The molecule has 2 heterocycles. The van der Waals surface area contributed by atoms with Gasteiger partial charge in [-0.2, -0.15) is 18.2 Å².